The Morgan fingerprint density at radius 1 is 1.50 bits per heavy atom. The van der Waals surface area contributed by atoms with E-state index in [9.17, 15) is 0 Å². The molecule has 1 atom stereocenters. The van der Waals surface area contributed by atoms with E-state index in [-0.39, 0.29) is 0 Å². The molecule has 0 saturated carbocycles. The average molecular weight is 292 g/mol. The second kappa shape index (κ2) is 6.24. The summed E-state index contributed by atoms with van der Waals surface area (Å²) in [6.45, 7) is 9.05. The maximum Gasteiger partial charge on any atom is 0.193 e. The van der Waals surface area contributed by atoms with Crippen molar-refractivity contribution >= 4 is 16.3 Å². The molecule has 0 spiro atoms. The standard InChI is InChI=1S/C15H24N4S/c1-12(2)8-13-9-18(5-3-4-16-13)10-14-11-19-6-7-20-15(19)17-14/h6-7,11-13,16H,3-5,8-10H2,1-2H3. The summed E-state index contributed by atoms with van der Waals surface area (Å²) in [6.07, 6.45) is 6.75. The van der Waals surface area contributed by atoms with Gasteiger partial charge < -0.3 is 5.32 Å². The van der Waals surface area contributed by atoms with Crippen molar-refractivity contribution in [3.8, 4) is 0 Å². The van der Waals surface area contributed by atoms with Crippen molar-refractivity contribution in [2.75, 3.05) is 19.6 Å². The summed E-state index contributed by atoms with van der Waals surface area (Å²) in [5.41, 5.74) is 1.20. The van der Waals surface area contributed by atoms with Gasteiger partial charge in [0.05, 0.1) is 5.69 Å². The largest absolute Gasteiger partial charge is 0.313 e. The summed E-state index contributed by atoms with van der Waals surface area (Å²) in [5.74, 6) is 0.755. The number of nitrogens with one attached hydrogen (secondary N) is 1. The van der Waals surface area contributed by atoms with Crippen molar-refractivity contribution in [3.05, 3.63) is 23.5 Å². The van der Waals surface area contributed by atoms with Crippen LogP contribution in [0.4, 0.5) is 0 Å². The van der Waals surface area contributed by atoms with Crippen LogP contribution in [0.1, 0.15) is 32.4 Å². The van der Waals surface area contributed by atoms with Gasteiger partial charge in [-0.05, 0) is 31.8 Å². The molecule has 0 radical (unpaired) electrons. The molecule has 2 aromatic heterocycles. The third kappa shape index (κ3) is 3.40. The predicted octanol–water partition coefficient (Wildman–Crippen LogP) is 2.61. The Morgan fingerprint density at radius 2 is 2.40 bits per heavy atom. The van der Waals surface area contributed by atoms with Crippen LogP contribution in [0.25, 0.3) is 4.96 Å². The van der Waals surface area contributed by atoms with E-state index in [1.54, 1.807) is 11.3 Å². The van der Waals surface area contributed by atoms with Crippen LogP contribution in [0.15, 0.2) is 17.8 Å². The molecule has 1 aliphatic rings. The zero-order chi connectivity index (χ0) is 13.9. The molecule has 110 valence electrons. The van der Waals surface area contributed by atoms with Crippen LogP contribution in [0.3, 0.4) is 0 Å². The van der Waals surface area contributed by atoms with Crippen molar-refractivity contribution in [1.82, 2.24) is 19.6 Å². The Kier molecular flexibility index (Phi) is 4.38. The smallest absolute Gasteiger partial charge is 0.193 e. The lowest BCUT2D eigenvalue weighted by atomic mass is 10.0. The molecule has 3 heterocycles. The molecule has 1 unspecified atom stereocenters. The monoisotopic (exact) mass is 292 g/mol. The van der Waals surface area contributed by atoms with Crippen LogP contribution in [0.5, 0.6) is 0 Å². The first-order chi connectivity index (χ1) is 9.70. The van der Waals surface area contributed by atoms with Gasteiger partial charge in [0.15, 0.2) is 4.96 Å². The highest BCUT2D eigenvalue weighted by Gasteiger charge is 2.19. The normalized spacial score (nSPS) is 21.6. The van der Waals surface area contributed by atoms with Crippen LogP contribution >= 0.6 is 11.3 Å². The zero-order valence-corrected chi connectivity index (χ0v) is 13.2. The second-order valence-corrected chi connectivity index (χ2v) is 7.07. The first-order valence-electron chi connectivity index (χ1n) is 7.57. The summed E-state index contributed by atoms with van der Waals surface area (Å²) in [6, 6.07) is 0.626. The van der Waals surface area contributed by atoms with E-state index in [2.05, 4.69) is 46.2 Å². The van der Waals surface area contributed by atoms with Crippen LogP contribution in [-0.4, -0.2) is 40.0 Å². The van der Waals surface area contributed by atoms with Crippen molar-refractivity contribution in [2.24, 2.45) is 5.92 Å². The maximum atomic E-state index is 4.70. The minimum absolute atomic E-state index is 0.626. The van der Waals surface area contributed by atoms with Crippen molar-refractivity contribution in [2.45, 2.75) is 39.3 Å². The molecule has 1 aliphatic heterocycles. The van der Waals surface area contributed by atoms with E-state index in [4.69, 9.17) is 4.98 Å². The van der Waals surface area contributed by atoms with Gasteiger partial charge in [0.25, 0.3) is 0 Å². The molecule has 0 amide bonds. The van der Waals surface area contributed by atoms with Gasteiger partial charge in [0.1, 0.15) is 0 Å². The molecule has 3 rings (SSSR count). The van der Waals surface area contributed by atoms with E-state index in [0.717, 1.165) is 30.5 Å². The Labute approximate surface area is 124 Å². The number of rotatable bonds is 4. The molecular weight excluding hydrogens is 268 g/mol. The van der Waals surface area contributed by atoms with Crippen LogP contribution < -0.4 is 5.32 Å². The molecule has 5 heteroatoms. The van der Waals surface area contributed by atoms with Gasteiger partial charge in [-0.15, -0.1) is 11.3 Å². The van der Waals surface area contributed by atoms with Gasteiger partial charge in [-0.25, -0.2) is 4.98 Å². The lowest BCUT2D eigenvalue weighted by Crippen LogP contribution is -2.38. The van der Waals surface area contributed by atoms with Crippen LogP contribution in [0.2, 0.25) is 0 Å². The van der Waals surface area contributed by atoms with Gasteiger partial charge in [0, 0.05) is 36.9 Å². The number of hydrogen-bond donors (Lipinski definition) is 1. The Hall–Kier alpha value is -0.910. The lowest BCUT2D eigenvalue weighted by molar-refractivity contribution is 0.245. The maximum absolute atomic E-state index is 4.70. The molecule has 1 N–H and O–H groups in total. The van der Waals surface area contributed by atoms with Crippen molar-refractivity contribution in [3.63, 3.8) is 0 Å². The van der Waals surface area contributed by atoms with E-state index in [1.165, 1.54) is 25.1 Å². The molecular formula is C15H24N4S. The number of aromatic nitrogens is 2. The topological polar surface area (TPSA) is 32.6 Å². The first kappa shape index (κ1) is 14.0. The van der Waals surface area contributed by atoms with Crippen molar-refractivity contribution in [1.29, 1.82) is 0 Å². The highest BCUT2D eigenvalue weighted by molar-refractivity contribution is 7.15. The van der Waals surface area contributed by atoms with Gasteiger partial charge >= 0.3 is 0 Å². The van der Waals surface area contributed by atoms with E-state index in [0.29, 0.717) is 6.04 Å². The van der Waals surface area contributed by atoms with Gasteiger partial charge in [-0.3, -0.25) is 9.30 Å². The minimum atomic E-state index is 0.626. The highest BCUT2D eigenvalue weighted by atomic mass is 32.1. The molecule has 1 fully saturated rings. The van der Waals surface area contributed by atoms with Crippen molar-refractivity contribution < 1.29 is 0 Å². The summed E-state index contributed by atoms with van der Waals surface area (Å²) < 4.78 is 2.13. The predicted molar refractivity (Wildman–Crippen MR) is 84.2 cm³/mol. The SMILES string of the molecule is CC(C)CC1CN(Cc2cn3ccsc3n2)CCCN1. The number of imidazole rings is 1. The van der Waals surface area contributed by atoms with Crippen LogP contribution in [0, 0.1) is 5.92 Å². The quantitative estimate of drug-likeness (QED) is 0.940. The summed E-state index contributed by atoms with van der Waals surface area (Å²) in [5, 5.41) is 5.77. The molecule has 20 heavy (non-hydrogen) atoms. The fraction of sp³-hybridized carbons (Fsp3) is 0.667. The molecule has 0 aliphatic carbocycles. The van der Waals surface area contributed by atoms with Gasteiger partial charge in [0.2, 0.25) is 0 Å². The van der Waals surface area contributed by atoms with Gasteiger partial charge in [-0.2, -0.15) is 0 Å². The third-order valence-corrected chi connectivity index (χ3v) is 4.62. The Morgan fingerprint density at radius 3 is 3.20 bits per heavy atom. The number of nitrogens with zero attached hydrogens (tertiary/aromatic N) is 3. The third-order valence-electron chi connectivity index (χ3n) is 3.85. The lowest BCUT2D eigenvalue weighted by Gasteiger charge is -2.24. The summed E-state index contributed by atoms with van der Waals surface area (Å²) in [7, 11) is 0. The van der Waals surface area contributed by atoms with Gasteiger partial charge in [-0.1, -0.05) is 13.8 Å². The summed E-state index contributed by atoms with van der Waals surface area (Å²) in [4.78, 5) is 8.36. The highest BCUT2D eigenvalue weighted by Crippen LogP contribution is 2.15. The molecule has 0 aromatic carbocycles. The Bertz CT molecular complexity index is 516. The molecule has 4 nitrogen and oxygen atoms in total. The second-order valence-electron chi connectivity index (χ2n) is 6.19. The van der Waals surface area contributed by atoms with E-state index >= 15 is 0 Å². The fourth-order valence-electron chi connectivity index (χ4n) is 3.03. The first-order valence-corrected chi connectivity index (χ1v) is 8.45. The fourth-order valence-corrected chi connectivity index (χ4v) is 3.75. The molecule has 1 saturated heterocycles. The molecule has 2 aromatic rings. The Balaban J connectivity index is 1.64. The number of fused-ring (bicyclic) bond motifs is 1. The van der Waals surface area contributed by atoms with E-state index in [1.807, 2.05) is 0 Å². The zero-order valence-electron chi connectivity index (χ0n) is 12.4. The summed E-state index contributed by atoms with van der Waals surface area (Å²) >= 11 is 1.70. The average Bonchev–Trinajstić information content (AvgIpc) is 2.87. The van der Waals surface area contributed by atoms with Crippen LogP contribution in [-0.2, 0) is 6.54 Å². The minimum Gasteiger partial charge on any atom is -0.313 e. The molecule has 0 bridgehead atoms. The number of thiazole rings is 1. The van der Waals surface area contributed by atoms with E-state index < -0.39 is 0 Å². The number of hydrogen-bond acceptors (Lipinski definition) is 4.